The van der Waals surface area contributed by atoms with Gasteiger partial charge in [-0.15, -0.1) is 0 Å². The number of piperazine rings is 1. The van der Waals surface area contributed by atoms with Crippen LogP contribution in [0.1, 0.15) is 23.2 Å². The summed E-state index contributed by atoms with van der Waals surface area (Å²) < 4.78 is 1.89. The molecular formula is C19H28N4O. The number of aryl methyl sites for hydroxylation is 2. The predicted molar refractivity (Wildman–Crippen MR) is 95.6 cm³/mol. The van der Waals surface area contributed by atoms with E-state index in [0.717, 1.165) is 44.8 Å². The van der Waals surface area contributed by atoms with E-state index in [4.69, 9.17) is 0 Å². The van der Waals surface area contributed by atoms with Gasteiger partial charge in [0.2, 0.25) is 0 Å². The van der Waals surface area contributed by atoms with Crippen LogP contribution in [0.2, 0.25) is 0 Å². The second-order valence-electron chi connectivity index (χ2n) is 6.77. The van der Waals surface area contributed by atoms with Gasteiger partial charge in [0.25, 0.3) is 0 Å². The molecule has 1 aliphatic rings. The molecule has 0 unspecified atom stereocenters. The maximum absolute atomic E-state index is 9.47. The molecule has 1 atom stereocenters. The van der Waals surface area contributed by atoms with Crippen LogP contribution in [0.3, 0.4) is 0 Å². The molecule has 1 aromatic carbocycles. The van der Waals surface area contributed by atoms with Gasteiger partial charge in [-0.1, -0.05) is 30.3 Å². The number of hydrogen-bond donors (Lipinski definition) is 1. The molecule has 1 saturated heterocycles. The van der Waals surface area contributed by atoms with Crippen molar-refractivity contribution >= 4 is 0 Å². The van der Waals surface area contributed by atoms with E-state index in [-0.39, 0.29) is 6.61 Å². The summed E-state index contributed by atoms with van der Waals surface area (Å²) in [6.45, 7) is 7.33. The average Bonchev–Trinajstić information content (AvgIpc) is 2.88. The molecule has 0 bridgehead atoms. The standard InChI is InChI=1S/C19H28N4O/c1-16-18(13-21(2)20-16)14-22-9-10-23(19(15-22)8-11-24)12-17-6-4-3-5-7-17/h3-7,13,19,24H,8-12,14-15H2,1-2H3/t19-/m0/s1. The number of aliphatic hydroxyl groups is 1. The van der Waals surface area contributed by atoms with Gasteiger partial charge in [-0.25, -0.2) is 0 Å². The maximum Gasteiger partial charge on any atom is 0.0638 e. The van der Waals surface area contributed by atoms with Crippen LogP contribution in [0, 0.1) is 6.92 Å². The first-order valence-corrected chi connectivity index (χ1v) is 8.76. The zero-order valence-corrected chi connectivity index (χ0v) is 14.7. The van der Waals surface area contributed by atoms with Crippen LogP contribution in [0.5, 0.6) is 0 Å². The Labute approximate surface area is 144 Å². The van der Waals surface area contributed by atoms with E-state index in [1.165, 1.54) is 11.1 Å². The molecule has 3 rings (SSSR count). The van der Waals surface area contributed by atoms with E-state index in [0.29, 0.717) is 6.04 Å². The van der Waals surface area contributed by atoms with Crippen LogP contribution in [0.4, 0.5) is 0 Å². The minimum absolute atomic E-state index is 0.246. The molecule has 0 radical (unpaired) electrons. The predicted octanol–water partition coefficient (Wildman–Crippen LogP) is 1.80. The highest BCUT2D eigenvalue weighted by Crippen LogP contribution is 2.19. The smallest absolute Gasteiger partial charge is 0.0638 e. The van der Waals surface area contributed by atoms with Crippen molar-refractivity contribution in [2.45, 2.75) is 32.5 Å². The number of benzene rings is 1. The summed E-state index contributed by atoms with van der Waals surface area (Å²) in [5.74, 6) is 0. The quantitative estimate of drug-likeness (QED) is 0.878. The molecule has 0 saturated carbocycles. The summed E-state index contributed by atoms with van der Waals surface area (Å²) in [4.78, 5) is 5.00. The highest BCUT2D eigenvalue weighted by atomic mass is 16.3. The van der Waals surface area contributed by atoms with Gasteiger partial charge in [0, 0.05) is 64.2 Å². The normalized spacial score (nSPS) is 19.7. The Bertz CT molecular complexity index is 640. The average molecular weight is 328 g/mol. The van der Waals surface area contributed by atoms with Crippen LogP contribution in [-0.2, 0) is 20.1 Å². The lowest BCUT2D eigenvalue weighted by molar-refractivity contribution is 0.0499. The van der Waals surface area contributed by atoms with Crippen molar-refractivity contribution in [3.8, 4) is 0 Å². The minimum Gasteiger partial charge on any atom is -0.396 e. The van der Waals surface area contributed by atoms with Crippen molar-refractivity contribution in [2.24, 2.45) is 7.05 Å². The summed E-state index contributed by atoms with van der Waals surface area (Å²) in [6.07, 6.45) is 2.95. The maximum atomic E-state index is 9.47. The van der Waals surface area contributed by atoms with Crippen molar-refractivity contribution in [3.63, 3.8) is 0 Å². The van der Waals surface area contributed by atoms with Gasteiger partial charge >= 0.3 is 0 Å². The largest absolute Gasteiger partial charge is 0.396 e. The molecular weight excluding hydrogens is 300 g/mol. The highest BCUT2D eigenvalue weighted by Gasteiger charge is 2.27. The molecule has 2 aromatic rings. The SMILES string of the molecule is Cc1nn(C)cc1CN1CCN(Cc2ccccc2)[C@@H](CCO)C1. The molecule has 130 valence electrons. The molecule has 0 amide bonds. The van der Waals surface area contributed by atoms with E-state index in [1.807, 2.05) is 11.7 Å². The van der Waals surface area contributed by atoms with Gasteiger partial charge in [0.1, 0.15) is 0 Å². The van der Waals surface area contributed by atoms with E-state index in [9.17, 15) is 5.11 Å². The fourth-order valence-electron chi connectivity index (χ4n) is 3.59. The van der Waals surface area contributed by atoms with E-state index >= 15 is 0 Å². The van der Waals surface area contributed by atoms with Crippen molar-refractivity contribution in [2.75, 3.05) is 26.2 Å². The Kier molecular flexibility index (Phi) is 5.66. The molecule has 1 fully saturated rings. The zero-order valence-electron chi connectivity index (χ0n) is 14.7. The lowest BCUT2D eigenvalue weighted by Crippen LogP contribution is -2.52. The molecule has 1 aromatic heterocycles. The van der Waals surface area contributed by atoms with Gasteiger partial charge in [-0.2, -0.15) is 5.10 Å². The van der Waals surface area contributed by atoms with Gasteiger partial charge in [-0.3, -0.25) is 14.5 Å². The van der Waals surface area contributed by atoms with Crippen LogP contribution in [0.15, 0.2) is 36.5 Å². The zero-order chi connectivity index (χ0) is 16.9. The topological polar surface area (TPSA) is 44.5 Å². The van der Waals surface area contributed by atoms with E-state index in [2.05, 4.69) is 58.4 Å². The van der Waals surface area contributed by atoms with Crippen molar-refractivity contribution < 1.29 is 5.11 Å². The lowest BCUT2D eigenvalue weighted by atomic mass is 10.1. The fraction of sp³-hybridized carbons (Fsp3) is 0.526. The fourth-order valence-corrected chi connectivity index (χ4v) is 3.59. The Morgan fingerprint density at radius 3 is 2.62 bits per heavy atom. The number of nitrogens with zero attached hydrogens (tertiary/aromatic N) is 4. The van der Waals surface area contributed by atoms with Gasteiger partial charge in [0.05, 0.1) is 5.69 Å². The number of aromatic nitrogens is 2. The Balaban J connectivity index is 1.63. The molecule has 2 heterocycles. The highest BCUT2D eigenvalue weighted by molar-refractivity contribution is 5.16. The van der Waals surface area contributed by atoms with Crippen molar-refractivity contribution in [3.05, 3.63) is 53.3 Å². The third-order valence-corrected chi connectivity index (χ3v) is 4.89. The first-order chi connectivity index (χ1) is 11.7. The lowest BCUT2D eigenvalue weighted by Gasteiger charge is -2.41. The summed E-state index contributed by atoms with van der Waals surface area (Å²) in [5.41, 5.74) is 3.76. The third kappa shape index (κ3) is 4.23. The van der Waals surface area contributed by atoms with Gasteiger partial charge in [-0.05, 0) is 18.9 Å². The monoisotopic (exact) mass is 328 g/mol. The summed E-state index contributed by atoms with van der Waals surface area (Å²) >= 11 is 0. The van der Waals surface area contributed by atoms with Gasteiger partial charge in [0.15, 0.2) is 0 Å². The van der Waals surface area contributed by atoms with Crippen LogP contribution in [0.25, 0.3) is 0 Å². The van der Waals surface area contributed by atoms with Gasteiger partial charge < -0.3 is 5.11 Å². The van der Waals surface area contributed by atoms with Crippen molar-refractivity contribution in [1.82, 2.24) is 19.6 Å². The molecule has 24 heavy (non-hydrogen) atoms. The van der Waals surface area contributed by atoms with Crippen LogP contribution >= 0.6 is 0 Å². The Hall–Kier alpha value is -1.69. The molecule has 0 spiro atoms. The number of rotatable bonds is 6. The summed E-state index contributed by atoms with van der Waals surface area (Å²) in [7, 11) is 1.98. The first kappa shape index (κ1) is 17.1. The molecule has 0 aliphatic carbocycles. The second kappa shape index (κ2) is 7.92. The number of aliphatic hydroxyl groups excluding tert-OH is 1. The van der Waals surface area contributed by atoms with E-state index < -0.39 is 0 Å². The second-order valence-corrected chi connectivity index (χ2v) is 6.77. The van der Waals surface area contributed by atoms with Crippen LogP contribution < -0.4 is 0 Å². The third-order valence-electron chi connectivity index (χ3n) is 4.89. The van der Waals surface area contributed by atoms with Crippen molar-refractivity contribution in [1.29, 1.82) is 0 Å². The van der Waals surface area contributed by atoms with Crippen LogP contribution in [-0.4, -0.2) is 57.0 Å². The Morgan fingerprint density at radius 2 is 1.96 bits per heavy atom. The molecule has 1 N–H and O–H groups in total. The van der Waals surface area contributed by atoms with E-state index in [1.54, 1.807) is 0 Å². The Morgan fingerprint density at radius 1 is 1.17 bits per heavy atom. The summed E-state index contributed by atoms with van der Waals surface area (Å²) in [5, 5.41) is 13.9. The molecule has 5 heteroatoms. The summed E-state index contributed by atoms with van der Waals surface area (Å²) in [6, 6.07) is 11.0. The number of hydrogen-bond acceptors (Lipinski definition) is 4. The molecule has 1 aliphatic heterocycles. The molecule has 5 nitrogen and oxygen atoms in total. The minimum atomic E-state index is 0.246. The first-order valence-electron chi connectivity index (χ1n) is 8.76.